The molecule has 0 radical (unpaired) electrons. The van der Waals surface area contributed by atoms with Crippen LogP contribution in [0.2, 0.25) is 0 Å². The fraction of sp³-hybridized carbons (Fsp3) is 0.381. The first kappa shape index (κ1) is 22.6. The van der Waals surface area contributed by atoms with Crippen LogP contribution in [0.15, 0.2) is 42.9 Å². The Kier molecular flexibility index (Phi) is 6.25. The van der Waals surface area contributed by atoms with Crippen molar-refractivity contribution in [3.8, 4) is 5.69 Å². The van der Waals surface area contributed by atoms with Crippen LogP contribution in [0.5, 0.6) is 0 Å². The summed E-state index contributed by atoms with van der Waals surface area (Å²) in [4.78, 5) is 25.0. The SMILES string of the molecule is CN(CC1CCN(c2nccc(C(F)(F)F)n2)CC1)C(=O)c1c(F)cccc1-n1nccn1. The number of rotatable bonds is 5. The third-order valence-electron chi connectivity index (χ3n) is 5.55. The maximum absolute atomic E-state index is 14.6. The van der Waals surface area contributed by atoms with Crippen molar-refractivity contribution in [2.24, 2.45) is 5.92 Å². The van der Waals surface area contributed by atoms with E-state index in [1.807, 2.05) is 0 Å². The quantitative estimate of drug-likeness (QED) is 0.541. The van der Waals surface area contributed by atoms with Gasteiger partial charge in [-0.2, -0.15) is 28.2 Å². The highest BCUT2D eigenvalue weighted by Crippen LogP contribution is 2.29. The molecule has 1 aromatic carbocycles. The van der Waals surface area contributed by atoms with Crippen LogP contribution < -0.4 is 4.90 Å². The van der Waals surface area contributed by atoms with Gasteiger partial charge in [0.2, 0.25) is 5.95 Å². The number of anilines is 1. The van der Waals surface area contributed by atoms with Crippen LogP contribution >= 0.6 is 0 Å². The Morgan fingerprint density at radius 3 is 2.48 bits per heavy atom. The van der Waals surface area contributed by atoms with Gasteiger partial charge in [0.15, 0.2) is 0 Å². The van der Waals surface area contributed by atoms with Gasteiger partial charge in [-0.1, -0.05) is 6.07 Å². The standard InChI is InChI=1S/C21H21F4N7O/c1-30(19(33)18-15(22)3-2-4-16(18)32-27-9-10-28-32)13-14-6-11-31(12-7-14)20-26-8-5-17(29-20)21(23,24)25/h2-5,8-10,14H,6-7,11-13H2,1H3. The van der Waals surface area contributed by atoms with Crippen molar-refractivity contribution in [1.29, 1.82) is 0 Å². The van der Waals surface area contributed by atoms with E-state index in [4.69, 9.17) is 0 Å². The maximum atomic E-state index is 14.6. The zero-order chi connectivity index (χ0) is 23.6. The number of nitrogens with zero attached hydrogens (tertiary/aromatic N) is 7. The summed E-state index contributed by atoms with van der Waals surface area (Å²) in [6.45, 7) is 1.28. The molecule has 3 heterocycles. The number of carbonyl (C=O) groups is 1. The molecule has 8 nitrogen and oxygen atoms in total. The molecular formula is C21H21F4N7O. The third kappa shape index (κ3) is 4.94. The van der Waals surface area contributed by atoms with E-state index in [-0.39, 0.29) is 23.1 Å². The molecular weight excluding hydrogens is 442 g/mol. The Hall–Kier alpha value is -3.57. The molecule has 0 saturated carbocycles. The molecule has 1 fully saturated rings. The van der Waals surface area contributed by atoms with Gasteiger partial charge in [0, 0.05) is 32.9 Å². The summed E-state index contributed by atoms with van der Waals surface area (Å²) in [5.41, 5.74) is -0.855. The van der Waals surface area contributed by atoms with Gasteiger partial charge in [-0.05, 0) is 37.0 Å². The van der Waals surface area contributed by atoms with Crippen LogP contribution in [-0.4, -0.2) is 62.5 Å². The van der Waals surface area contributed by atoms with Crippen LogP contribution in [0.4, 0.5) is 23.5 Å². The first-order valence-corrected chi connectivity index (χ1v) is 10.3. The predicted molar refractivity (Wildman–Crippen MR) is 110 cm³/mol. The van der Waals surface area contributed by atoms with Crippen molar-refractivity contribution in [3.05, 3.63) is 59.9 Å². The van der Waals surface area contributed by atoms with Gasteiger partial charge in [0.05, 0.1) is 12.4 Å². The van der Waals surface area contributed by atoms with Gasteiger partial charge in [-0.15, -0.1) is 0 Å². The number of halogens is 4. The van der Waals surface area contributed by atoms with E-state index in [1.54, 1.807) is 18.0 Å². The number of alkyl halides is 3. The molecule has 4 rings (SSSR count). The summed E-state index contributed by atoms with van der Waals surface area (Å²) in [6, 6.07) is 5.10. The summed E-state index contributed by atoms with van der Waals surface area (Å²) < 4.78 is 53.3. The van der Waals surface area contributed by atoms with Gasteiger partial charge in [0.1, 0.15) is 22.8 Å². The molecule has 1 aliphatic rings. The van der Waals surface area contributed by atoms with Crippen LogP contribution in [0.25, 0.3) is 5.69 Å². The largest absolute Gasteiger partial charge is 0.433 e. The lowest BCUT2D eigenvalue weighted by Gasteiger charge is -2.34. The Morgan fingerprint density at radius 2 is 1.82 bits per heavy atom. The summed E-state index contributed by atoms with van der Waals surface area (Å²) in [5, 5.41) is 7.97. The molecule has 0 unspecified atom stereocenters. The van der Waals surface area contributed by atoms with Gasteiger partial charge in [0.25, 0.3) is 5.91 Å². The summed E-state index contributed by atoms with van der Waals surface area (Å²) in [7, 11) is 1.59. The molecule has 1 aliphatic heterocycles. The molecule has 1 saturated heterocycles. The van der Waals surface area contributed by atoms with Crippen molar-refractivity contribution in [3.63, 3.8) is 0 Å². The van der Waals surface area contributed by atoms with Crippen molar-refractivity contribution >= 4 is 11.9 Å². The van der Waals surface area contributed by atoms with Crippen molar-refractivity contribution in [2.45, 2.75) is 19.0 Å². The normalized spacial score (nSPS) is 15.0. The average molecular weight is 463 g/mol. The fourth-order valence-electron chi connectivity index (χ4n) is 3.87. The van der Waals surface area contributed by atoms with E-state index in [0.29, 0.717) is 32.5 Å². The van der Waals surface area contributed by atoms with E-state index >= 15 is 0 Å². The maximum Gasteiger partial charge on any atom is 0.433 e. The van der Waals surface area contributed by atoms with Crippen LogP contribution in [0.3, 0.4) is 0 Å². The van der Waals surface area contributed by atoms with Gasteiger partial charge in [-0.25, -0.2) is 14.4 Å². The number of benzene rings is 1. The number of hydrogen-bond donors (Lipinski definition) is 0. The van der Waals surface area contributed by atoms with Crippen molar-refractivity contribution in [1.82, 2.24) is 29.9 Å². The third-order valence-corrected chi connectivity index (χ3v) is 5.55. The molecule has 0 bridgehead atoms. The summed E-state index contributed by atoms with van der Waals surface area (Å²) in [5.74, 6) is -1.03. The number of aromatic nitrogens is 5. The number of amides is 1. The lowest BCUT2D eigenvalue weighted by atomic mass is 9.96. The number of hydrogen-bond acceptors (Lipinski definition) is 6. The number of carbonyl (C=O) groups excluding carboxylic acids is 1. The zero-order valence-corrected chi connectivity index (χ0v) is 17.7. The zero-order valence-electron chi connectivity index (χ0n) is 17.7. The minimum absolute atomic E-state index is 0.0374. The average Bonchev–Trinajstić information content (AvgIpc) is 3.33. The molecule has 0 N–H and O–H groups in total. The van der Waals surface area contributed by atoms with E-state index < -0.39 is 23.6 Å². The van der Waals surface area contributed by atoms with Crippen molar-refractivity contribution in [2.75, 3.05) is 31.6 Å². The molecule has 0 aliphatic carbocycles. The molecule has 0 atom stereocenters. The van der Waals surface area contributed by atoms with Gasteiger partial charge >= 0.3 is 6.18 Å². The highest BCUT2D eigenvalue weighted by atomic mass is 19.4. The fourth-order valence-corrected chi connectivity index (χ4v) is 3.87. The lowest BCUT2D eigenvalue weighted by Crippen LogP contribution is -2.40. The molecule has 2 aromatic heterocycles. The minimum atomic E-state index is -4.53. The second kappa shape index (κ2) is 9.12. The Bertz CT molecular complexity index is 1110. The topological polar surface area (TPSA) is 80.0 Å². The first-order chi connectivity index (χ1) is 15.7. The summed E-state index contributed by atoms with van der Waals surface area (Å²) >= 11 is 0. The molecule has 1 amide bonds. The monoisotopic (exact) mass is 463 g/mol. The lowest BCUT2D eigenvalue weighted by molar-refractivity contribution is -0.141. The van der Waals surface area contributed by atoms with Gasteiger partial charge < -0.3 is 9.80 Å². The Morgan fingerprint density at radius 1 is 1.12 bits per heavy atom. The second-order valence-electron chi connectivity index (χ2n) is 7.81. The molecule has 12 heteroatoms. The van der Waals surface area contributed by atoms with Crippen LogP contribution in [0.1, 0.15) is 28.9 Å². The predicted octanol–water partition coefficient (Wildman–Crippen LogP) is 3.20. The minimum Gasteiger partial charge on any atom is -0.341 e. The molecule has 33 heavy (non-hydrogen) atoms. The van der Waals surface area contributed by atoms with E-state index in [1.165, 1.54) is 34.2 Å². The van der Waals surface area contributed by atoms with Gasteiger partial charge in [-0.3, -0.25) is 4.79 Å². The number of piperidine rings is 1. The first-order valence-electron chi connectivity index (χ1n) is 10.3. The van der Waals surface area contributed by atoms with E-state index in [2.05, 4.69) is 20.2 Å². The smallest absolute Gasteiger partial charge is 0.341 e. The van der Waals surface area contributed by atoms with E-state index in [9.17, 15) is 22.4 Å². The highest BCUT2D eigenvalue weighted by Gasteiger charge is 2.34. The summed E-state index contributed by atoms with van der Waals surface area (Å²) in [6.07, 6.45) is 0.695. The van der Waals surface area contributed by atoms with Crippen LogP contribution in [0, 0.1) is 11.7 Å². The molecule has 0 spiro atoms. The highest BCUT2D eigenvalue weighted by molar-refractivity contribution is 5.97. The molecule has 3 aromatic rings. The Balaban J connectivity index is 1.40. The van der Waals surface area contributed by atoms with Crippen molar-refractivity contribution < 1.29 is 22.4 Å². The molecule has 174 valence electrons. The van der Waals surface area contributed by atoms with E-state index in [0.717, 1.165) is 12.3 Å². The second-order valence-corrected chi connectivity index (χ2v) is 7.81. The Labute approximate surface area is 186 Å². The van der Waals surface area contributed by atoms with Crippen LogP contribution in [-0.2, 0) is 6.18 Å².